The number of nitriles is 1. The smallest absolute Gasteiger partial charge is 0.145 e. The zero-order valence-electron chi connectivity index (χ0n) is 11.1. The topological polar surface area (TPSA) is 59.0 Å². The van der Waals surface area contributed by atoms with Crippen molar-refractivity contribution in [1.82, 2.24) is 0 Å². The second-order valence-corrected chi connectivity index (χ2v) is 4.56. The summed E-state index contributed by atoms with van der Waals surface area (Å²) in [4.78, 5) is 0. The Hall–Kier alpha value is -2.47. The Balaban J connectivity index is 2.22. The van der Waals surface area contributed by atoms with Crippen molar-refractivity contribution in [3.8, 4) is 11.8 Å². The largest absolute Gasteiger partial charge is 0.486 e. The molecular formula is C16H16N2O. The first-order chi connectivity index (χ1) is 9.11. The Morgan fingerprint density at radius 2 is 1.95 bits per heavy atom. The summed E-state index contributed by atoms with van der Waals surface area (Å²) in [5.74, 6) is 0.693. The van der Waals surface area contributed by atoms with Crippen LogP contribution in [0.1, 0.15) is 22.3 Å². The van der Waals surface area contributed by atoms with Gasteiger partial charge in [0.15, 0.2) is 0 Å². The van der Waals surface area contributed by atoms with Crippen LogP contribution in [-0.4, -0.2) is 0 Å². The van der Waals surface area contributed by atoms with Crippen LogP contribution in [0.5, 0.6) is 5.75 Å². The fourth-order valence-electron chi connectivity index (χ4n) is 2.09. The fourth-order valence-corrected chi connectivity index (χ4v) is 2.09. The van der Waals surface area contributed by atoms with E-state index in [1.807, 2.05) is 44.2 Å². The minimum Gasteiger partial charge on any atom is -0.486 e. The minimum absolute atomic E-state index is 0.345. The van der Waals surface area contributed by atoms with Crippen molar-refractivity contribution >= 4 is 5.69 Å². The average Bonchev–Trinajstić information content (AvgIpc) is 2.38. The van der Waals surface area contributed by atoms with Crippen LogP contribution >= 0.6 is 0 Å². The molecule has 0 saturated heterocycles. The van der Waals surface area contributed by atoms with Crippen LogP contribution in [0.4, 0.5) is 5.69 Å². The molecule has 3 heteroatoms. The lowest BCUT2D eigenvalue weighted by Gasteiger charge is -2.13. The molecule has 0 saturated carbocycles. The molecule has 0 aliphatic heterocycles. The minimum atomic E-state index is 0.345. The quantitative estimate of drug-likeness (QED) is 0.852. The third kappa shape index (κ3) is 2.86. The van der Waals surface area contributed by atoms with Crippen LogP contribution in [0, 0.1) is 25.2 Å². The van der Waals surface area contributed by atoms with E-state index in [1.54, 1.807) is 6.07 Å². The van der Waals surface area contributed by atoms with Gasteiger partial charge < -0.3 is 10.5 Å². The van der Waals surface area contributed by atoms with Gasteiger partial charge in [-0.3, -0.25) is 0 Å². The molecule has 0 aromatic heterocycles. The first kappa shape index (κ1) is 13.0. The molecule has 2 aromatic carbocycles. The van der Waals surface area contributed by atoms with Gasteiger partial charge in [0.1, 0.15) is 12.4 Å². The average molecular weight is 252 g/mol. The molecule has 2 N–H and O–H groups in total. The van der Waals surface area contributed by atoms with Crippen molar-refractivity contribution in [2.24, 2.45) is 0 Å². The Morgan fingerprint density at radius 3 is 2.63 bits per heavy atom. The summed E-state index contributed by atoms with van der Waals surface area (Å²) in [5, 5.41) is 9.03. The zero-order valence-corrected chi connectivity index (χ0v) is 11.1. The number of nitrogen functional groups attached to an aromatic ring is 1. The highest BCUT2D eigenvalue weighted by Crippen LogP contribution is 2.28. The van der Waals surface area contributed by atoms with Crippen LogP contribution in [0.15, 0.2) is 36.4 Å². The maximum absolute atomic E-state index is 9.03. The lowest BCUT2D eigenvalue weighted by atomic mass is 10.1. The third-order valence-electron chi connectivity index (χ3n) is 2.96. The molecule has 0 bridgehead atoms. The number of hydrogen-bond donors (Lipinski definition) is 1. The molecule has 96 valence electrons. The molecular weight excluding hydrogens is 236 g/mol. The highest BCUT2D eigenvalue weighted by atomic mass is 16.5. The van der Waals surface area contributed by atoms with Gasteiger partial charge in [-0.1, -0.05) is 24.3 Å². The van der Waals surface area contributed by atoms with Crippen molar-refractivity contribution in [2.75, 3.05) is 5.73 Å². The van der Waals surface area contributed by atoms with Gasteiger partial charge in [-0.25, -0.2) is 0 Å². The highest BCUT2D eigenvalue weighted by molar-refractivity contribution is 5.58. The summed E-state index contributed by atoms with van der Waals surface area (Å²) in [7, 11) is 0. The molecule has 0 atom stereocenters. The van der Waals surface area contributed by atoms with E-state index in [1.165, 1.54) is 0 Å². The van der Waals surface area contributed by atoms with E-state index in [4.69, 9.17) is 15.7 Å². The van der Waals surface area contributed by atoms with E-state index >= 15 is 0 Å². The molecule has 2 aromatic rings. The van der Waals surface area contributed by atoms with Gasteiger partial charge >= 0.3 is 0 Å². The number of nitrogens with two attached hydrogens (primary N) is 1. The van der Waals surface area contributed by atoms with Gasteiger partial charge in [-0.15, -0.1) is 0 Å². The summed E-state index contributed by atoms with van der Waals surface area (Å²) in [6, 6.07) is 13.5. The Bertz CT molecular complexity index is 618. The van der Waals surface area contributed by atoms with Crippen LogP contribution in [0.25, 0.3) is 0 Å². The van der Waals surface area contributed by atoms with E-state index in [-0.39, 0.29) is 0 Å². The molecule has 19 heavy (non-hydrogen) atoms. The molecule has 3 nitrogen and oxygen atoms in total. The Labute approximate surface area is 113 Å². The number of nitrogens with zero attached hydrogens (tertiary/aromatic N) is 1. The highest BCUT2D eigenvalue weighted by Gasteiger charge is 2.07. The molecule has 0 spiro atoms. The zero-order chi connectivity index (χ0) is 13.8. The molecule has 0 heterocycles. The van der Waals surface area contributed by atoms with E-state index in [9.17, 15) is 0 Å². The van der Waals surface area contributed by atoms with Crippen molar-refractivity contribution < 1.29 is 4.74 Å². The first-order valence-corrected chi connectivity index (χ1v) is 6.09. The Morgan fingerprint density at radius 1 is 1.21 bits per heavy atom. The maximum Gasteiger partial charge on any atom is 0.145 e. The monoisotopic (exact) mass is 252 g/mol. The standard InChI is InChI=1S/C16H16N2O/c1-11-7-12(2)16(15(18)8-11)19-10-14-6-4-3-5-13(14)9-17/h3-8H,10,18H2,1-2H3. The number of rotatable bonds is 3. The second-order valence-electron chi connectivity index (χ2n) is 4.56. The normalized spacial score (nSPS) is 9.95. The number of aryl methyl sites for hydroxylation is 2. The van der Waals surface area contributed by atoms with Crippen molar-refractivity contribution in [3.63, 3.8) is 0 Å². The van der Waals surface area contributed by atoms with Crippen LogP contribution in [0.3, 0.4) is 0 Å². The number of anilines is 1. The predicted octanol–water partition coefficient (Wildman–Crippen LogP) is 3.34. The van der Waals surface area contributed by atoms with E-state index in [2.05, 4.69) is 6.07 Å². The van der Waals surface area contributed by atoms with Crippen LogP contribution < -0.4 is 10.5 Å². The molecule has 0 aliphatic carbocycles. The van der Waals surface area contributed by atoms with Crippen LogP contribution in [0.2, 0.25) is 0 Å². The molecule has 0 aliphatic rings. The van der Waals surface area contributed by atoms with E-state index in [0.29, 0.717) is 23.6 Å². The van der Waals surface area contributed by atoms with Gasteiger partial charge in [-0.05, 0) is 37.1 Å². The summed E-state index contributed by atoms with van der Waals surface area (Å²) in [6.45, 7) is 4.31. The lowest BCUT2D eigenvalue weighted by Crippen LogP contribution is -2.02. The number of ether oxygens (including phenoxy) is 1. The fraction of sp³-hybridized carbons (Fsp3) is 0.188. The van der Waals surface area contributed by atoms with Crippen molar-refractivity contribution in [3.05, 3.63) is 58.7 Å². The van der Waals surface area contributed by atoms with Crippen molar-refractivity contribution in [1.29, 1.82) is 5.26 Å². The van der Waals surface area contributed by atoms with E-state index in [0.717, 1.165) is 16.7 Å². The number of benzene rings is 2. The summed E-state index contributed by atoms with van der Waals surface area (Å²) in [5.41, 5.74) is 10.2. The van der Waals surface area contributed by atoms with Gasteiger partial charge in [0.2, 0.25) is 0 Å². The molecule has 0 fully saturated rings. The van der Waals surface area contributed by atoms with Gasteiger partial charge in [-0.2, -0.15) is 5.26 Å². The molecule has 0 amide bonds. The summed E-state index contributed by atoms with van der Waals surface area (Å²) < 4.78 is 5.78. The Kier molecular flexibility index (Phi) is 3.72. The molecule has 0 radical (unpaired) electrons. The predicted molar refractivity (Wildman–Crippen MR) is 75.8 cm³/mol. The number of hydrogen-bond acceptors (Lipinski definition) is 3. The van der Waals surface area contributed by atoms with Crippen molar-refractivity contribution in [2.45, 2.75) is 20.5 Å². The maximum atomic E-state index is 9.03. The van der Waals surface area contributed by atoms with Crippen LogP contribution in [-0.2, 0) is 6.61 Å². The summed E-state index contributed by atoms with van der Waals surface area (Å²) in [6.07, 6.45) is 0. The van der Waals surface area contributed by atoms with Gasteiger partial charge in [0.25, 0.3) is 0 Å². The van der Waals surface area contributed by atoms with E-state index < -0.39 is 0 Å². The second kappa shape index (κ2) is 5.45. The first-order valence-electron chi connectivity index (χ1n) is 6.09. The summed E-state index contributed by atoms with van der Waals surface area (Å²) >= 11 is 0. The third-order valence-corrected chi connectivity index (χ3v) is 2.96. The molecule has 0 unspecified atom stereocenters. The molecule has 2 rings (SSSR count). The van der Waals surface area contributed by atoms with Gasteiger partial charge in [0, 0.05) is 5.56 Å². The lowest BCUT2D eigenvalue weighted by molar-refractivity contribution is 0.305. The SMILES string of the molecule is Cc1cc(C)c(OCc2ccccc2C#N)c(N)c1. The van der Waals surface area contributed by atoms with Gasteiger partial charge in [0.05, 0.1) is 17.3 Å².